The molecule has 3 nitrogen and oxygen atoms in total. The second kappa shape index (κ2) is 4.98. The maximum Gasteiger partial charge on any atom is 0.223 e. The summed E-state index contributed by atoms with van der Waals surface area (Å²) in [7, 11) is 0. The Morgan fingerprint density at radius 3 is 2.62 bits per heavy atom. The molecule has 0 radical (unpaired) electrons. The summed E-state index contributed by atoms with van der Waals surface area (Å²) < 4.78 is 0. The lowest BCUT2D eigenvalue weighted by atomic mass is 9.85. The Balaban J connectivity index is 2.73. The highest BCUT2D eigenvalue weighted by Crippen LogP contribution is 2.31. The van der Waals surface area contributed by atoms with Crippen LogP contribution in [0.1, 0.15) is 53.4 Å². The monoisotopic (exact) mass is 225 g/mol. The van der Waals surface area contributed by atoms with E-state index in [-0.39, 0.29) is 23.1 Å². The molecule has 1 aliphatic rings. The first-order chi connectivity index (χ1) is 7.37. The third kappa shape index (κ3) is 3.06. The third-order valence-electron chi connectivity index (χ3n) is 3.65. The molecular weight excluding hydrogens is 202 g/mol. The predicted octanol–water partition coefficient (Wildman–Crippen LogP) is 2.39. The van der Waals surface area contributed by atoms with Gasteiger partial charge < -0.3 is 4.90 Å². The van der Waals surface area contributed by atoms with Gasteiger partial charge in [-0.25, -0.2) is 0 Å². The van der Waals surface area contributed by atoms with Crippen LogP contribution in [0, 0.1) is 5.41 Å². The molecule has 1 saturated heterocycles. The molecule has 0 bridgehead atoms. The Bertz CT molecular complexity index is 284. The topological polar surface area (TPSA) is 37.4 Å². The first kappa shape index (κ1) is 13.2. The normalized spacial score (nSPS) is 22.8. The Kier molecular flexibility index (Phi) is 4.11. The van der Waals surface area contributed by atoms with Crippen molar-refractivity contribution < 1.29 is 9.59 Å². The van der Waals surface area contributed by atoms with Gasteiger partial charge in [0.15, 0.2) is 5.78 Å². The van der Waals surface area contributed by atoms with Crippen LogP contribution in [0.2, 0.25) is 0 Å². The van der Waals surface area contributed by atoms with Gasteiger partial charge in [-0.15, -0.1) is 0 Å². The van der Waals surface area contributed by atoms with E-state index in [0.29, 0.717) is 12.8 Å². The lowest BCUT2D eigenvalue weighted by molar-refractivity contribution is -0.138. The van der Waals surface area contributed by atoms with E-state index in [4.69, 9.17) is 0 Å². The van der Waals surface area contributed by atoms with E-state index in [9.17, 15) is 9.59 Å². The molecule has 1 atom stereocenters. The quantitative estimate of drug-likeness (QED) is 0.739. The summed E-state index contributed by atoms with van der Waals surface area (Å²) in [6.07, 6.45) is 3.00. The van der Waals surface area contributed by atoms with Crippen LogP contribution in [0.15, 0.2) is 0 Å². The summed E-state index contributed by atoms with van der Waals surface area (Å²) in [6.45, 7) is 8.80. The Labute approximate surface area is 98.2 Å². The zero-order valence-electron chi connectivity index (χ0n) is 10.9. The molecule has 16 heavy (non-hydrogen) atoms. The van der Waals surface area contributed by atoms with Gasteiger partial charge in [-0.05, 0) is 25.2 Å². The lowest BCUT2D eigenvalue weighted by Crippen LogP contribution is -2.42. The van der Waals surface area contributed by atoms with E-state index in [0.717, 1.165) is 19.4 Å². The number of carbonyl (C=O) groups excluding carboxylic acids is 2. The SMILES string of the molecule is CCC(=O)C(C)N1CCC(C)(C)CCC1=O. The summed E-state index contributed by atoms with van der Waals surface area (Å²) in [4.78, 5) is 25.3. The fourth-order valence-electron chi connectivity index (χ4n) is 2.14. The van der Waals surface area contributed by atoms with Gasteiger partial charge in [0, 0.05) is 19.4 Å². The molecule has 1 fully saturated rings. The van der Waals surface area contributed by atoms with Gasteiger partial charge in [-0.1, -0.05) is 20.8 Å². The van der Waals surface area contributed by atoms with Crippen molar-refractivity contribution in [3.63, 3.8) is 0 Å². The zero-order valence-corrected chi connectivity index (χ0v) is 10.9. The molecule has 0 spiro atoms. The van der Waals surface area contributed by atoms with E-state index < -0.39 is 0 Å². The second-order valence-electron chi connectivity index (χ2n) is 5.50. The minimum Gasteiger partial charge on any atom is -0.333 e. The minimum atomic E-state index is -0.244. The van der Waals surface area contributed by atoms with Gasteiger partial charge in [-0.3, -0.25) is 9.59 Å². The van der Waals surface area contributed by atoms with Crippen LogP contribution in [0.3, 0.4) is 0 Å². The van der Waals surface area contributed by atoms with Crippen LogP contribution in [0.25, 0.3) is 0 Å². The maximum absolute atomic E-state index is 11.9. The highest BCUT2D eigenvalue weighted by Gasteiger charge is 2.31. The average Bonchev–Trinajstić information content (AvgIpc) is 2.37. The molecule has 1 rings (SSSR count). The van der Waals surface area contributed by atoms with Gasteiger partial charge >= 0.3 is 0 Å². The smallest absolute Gasteiger partial charge is 0.223 e. The summed E-state index contributed by atoms with van der Waals surface area (Å²) >= 11 is 0. The van der Waals surface area contributed by atoms with Gasteiger partial charge in [0.05, 0.1) is 6.04 Å². The van der Waals surface area contributed by atoms with Gasteiger partial charge in [0.25, 0.3) is 0 Å². The standard InChI is InChI=1S/C13H23NO2/c1-5-11(15)10(2)14-9-8-13(3,4)7-6-12(14)16/h10H,5-9H2,1-4H3. The second-order valence-corrected chi connectivity index (χ2v) is 5.50. The number of carbonyl (C=O) groups is 2. The first-order valence-electron chi connectivity index (χ1n) is 6.19. The average molecular weight is 225 g/mol. The Hall–Kier alpha value is -0.860. The van der Waals surface area contributed by atoms with Crippen molar-refractivity contribution in [1.29, 1.82) is 0 Å². The molecule has 1 unspecified atom stereocenters. The Morgan fingerprint density at radius 1 is 1.44 bits per heavy atom. The van der Waals surface area contributed by atoms with Crippen molar-refractivity contribution in [3.05, 3.63) is 0 Å². The predicted molar refractivity (Wildman–Crippen MR) is 64.1 cm³/mol. The largest absolute Gasteiger partial charge is 0.333 e. The van der Waals surface area contributed by atoms with Crippen molar-refractivity contribution >= 4 is 11.7 Å². The summed E-state index contributed by atoms with van der Waals surface area (Å²) in [6, 6.07) is -0.244. The fraction of sp³-hybridized carbons (Fsp3) is 0.846. The molecule has 0 aliphatic carbocycles. The summed E-state index contributed by atoms with van der Waals surface area (Å²) in [5, 5.41) is 0. The molecule has 0 saturated carbocycles. The maximum atomic E-state index is 11.9. The molecule has 0 N–H and O–H groups in total. The molecule has 1 amide bonds. The van der Waals surface area contributed by atoms with Crippen LogP contribution in [-0.2, 0) is 9.59 Å². The molecule has 1 heterocycles. The van der Waals surface area contributed by atoms with Gasteiger partial charge in [-0.2, -0.15) is 0 Å². The number of Topliss-reactive ketones (excluding diaryl/α,β-unsaturated/α-hetero) is 1. The zero-order chi connectivity index (χ0) is 12.3. The van der Waals surface area contributed by atoms with Gasteiger partial charge in [0.2, 0.25) is 5.91 Å². The van der Waals surface area contributed by atoms with Crippen LogP contribution in [-0.4, -0.2) is 29.2 Å². The number of ketones is 1. The van der Waals surface area contributed by atoms with Crippen LogP contribution in [0.4, 0.5) is 0 Å². The molecule has 0 aromatic carbocycles. The van der Waals surface area contributed by atoms with E-state index in [1.165, 1.54) is 0 Å². The highest BCUT2D eigenvalue weighted by molar-refractivity contribution is 5.88. The summed E-state index contributed by atoms with van der Waals surface area (Å²) in [5.74, 6) is 0.299. The number of nitrogens with zero attached hydrogens (tertiary/aromatic N) is 1. The van der Waals surface area contributed by atoms with Crippen molar-refractivity contribution in [2.45, 2.75) is 59.4 Å². The summed E-state index contributed by atoms with van der Waals surface area (Å²) in [5.41, 5.74) is 0.222. The molecule has 3 heteroatoms. The minimum absolute atomic E-state index is 0.139. The Morgan fingerprint density at radius 2 is 2.06 bits per heavy atom. The first-order valence-corrected chi connectivity index (χ1v) is 6.19. The van der Waals surface area contributed by atoms with Crippen molar-refractivity contribution in [2.24, 2.45) is 5.41 Å². The molecular formula is C13H23NO2. The van der Waals surface area contributed by atoms with E-state index in [1.54, 1.807) is 4.90 Å². The fourth-order valence-corrected chi connectivity index (χ4v) is 2.14. The van der Waals surface area contributed by atoms with Crippen molar-refractivity contribution in [1.82, 2.24) is 4.90 Å². The number of hydrogen-bond acceptors (Lipinski definition) is 2. The van der Waals surface area contributed by atoms with Crippen molar-refractivity contribution in [2.75, 3.05) is 6.54 Å². The van der Waals surface area contributed by atoms with E-state index >= 15 is 0 Å². The van der Waals surface area contributed by atoms with E-state index in [2.05, 4.69) is 13.8 Å². The third-order valence-corrected chi connectivity index (χ3v) is 3.65. The van der Waals surface area contributed by atoms with E-state index in [1.807, 2.05) is 13.8 Å². The number of amides is 1. The lowest BCUT2D eigenvalue weighted by Gasteiger charge is -2.27. The number of rotatable bonds is 3. The molecule has 0 aromatic heterocycles. The molecule has 0 aromatic rings. The molecule has 1 aliphatic heterocycles. The molecule has 92 valence electrons. The highest BCUT2D eigenvalue weighted by atomic mass is 16.2. The van der Waals surface area contributed by atoms with Gasteiger partial charge in [0.1, 0.15) is 0 Å². The van der Waals surface area contributed by atoms with Crippen LogP contribution in [0.5, 0.6) is 0 Å². The number of hydrogen-bond donors (Lipinski definition) is 0. The van der Waals surface area contributed by atoms with Crippen molar-refractivity contribution in [3.8, 4) is 0 Å². The van der Waals surface area contributed by atoms with Crippen LogP contribution >= 0.6 is 0 Å². The van der Waals surface area contributed by atoms with Crippen LogP contribution < -0.4 is 0 Å². The number of likely N-dealkylation sites (tertiary alicyclic amines) is 1.